The summed E-state index contributed by atoms with van der Waals surface area (Å²) >= 11 is 0. The molecule has 0 unspecified atom stereocenters. The van der Waals surface area contributed by atoms with E-state index in [1.807, 2.05) is 0 Å². The smallest absolute Gasteiger partial charge is 0.416 e. The molecule has 0 saturated carbocycles. The van der Waals surface area contributed by atoms with Gasteiger partial charge in [-0.05, 0) is 36.9 Å². The van der Waals surface area contributed by atoms with Crippen molar-refractivity contribution >= 4 is 47.1 Å². The molecular weight excluding hydrogens is 576 g/mol. The molecule has 42 heavy (non-hydrogen) atoms. The van der Waals surface area contributed by atoms with Crippen molar-refractivity contribution in [3.8, 4) is 5.88 Å². The summed E-state index contributed by atoms with van der Waals surface area (Å²) in [5, 5.41) is 13.5. The first-order chi connectivity index (χ1) is 19.8. The third-order valence-electron chi connectivity index (χ3n) is 8.46. The third-order valence-corrected chi connectivity index (χ3v) is 8.46. The molecule has 0 radical (unpaired) electrons. The molecule has 2 aromatic heterocycles. The molecule has 1 spiro atoms. The predicted molar refractivity (Wildman–Crippen MR) is 148 cm³/mol. The first kappa shape index (κ1) is 28.4. The molecule has 5 heterocycles. The fourth-order valence-corrected chi connectivity index (χ4v) is 6.36. The number of likely N-dealkylation sites (N-methyl/N-ethyl adjacent to an activating group) is 1. The van der Waals surface area contributed by atoms with Crippen LogP contribution in [0.3, 0.4) is 0 Å². The Morgan fingerprint density at radius 2 is 1.93 bits per heavy atom. The molecule has 0 bridgehead atoms. The molecule has 7 rings (SSSR count). The zero-order valence-corrected chi connectivity index (χ0v) is 23.7. The van der Waals surface area contributed by atoms with Crippen LogP contribution in [0.2, 0.25) is 0 Å². The molecular formula is C26H30ClF2N9O4. The molecule has 2 amide bonds. The molecule has 1 atom stereocenters. The van der Waals surface area contributed by atoms with Gasteiger partial charge in [0.15, 0.2) is 35.4 Å². The Hall–Kier alpha value is -3.69. The molecule has 2 saturated heterocycles. The molecule has 2 fully saturated rings. The number of aromatic nitrogens is 5. The fourth-order valence-electron chi connectivity index (χ4n) is 6.36. The molecule has 4 aliphatic rings. The SMILES string of the molecule is CNCCn1nnc2c(F)c3c(c(F)c21)C[C@@H](CN1CCC2(CC1)CN(c1cnc4c(n1)NC(=O)CO4)C(=O)O2)C3.Cl. The minimum atomic E-state index is -0.662. The molecule has 1 aromatic carbocycles. The summed E-state index contributed by atoms with van der Waals surface area (Å²) in [4.78, 5) is 36.7. The highest BCUT2D eigenvalue weighted by molar-refractivity contribution is 5.95. The second-order valence-corrected chi connectivity index (χ2v) is 11.1. The number of nitrogens with zero attached hydrogens (tertiary/aromatic N) is 7. The van der Waals surface area contributed by atoms with Gasteiger partial charge in [-0.25, -0.2) is 28.2 Å². The number of hydrogen-bond acceptors (Lipinski definition) is 10. The van der Waals surface area contributed by atoms with Crippen molar-refractivity contribution in [2.45, 2.75) is 37.8 Å². The van der Waals surface area contributed by atoms with Crippen LogP contribution in [0.25, 0.3) is 11.0 Å². The number of hydrogen-bond donors (Lipinski definition) is 2. The van der Waals surface area contributed by atoms with Gasteiger partial charge in [0.25, 0.3) is 11.8 Å². The topological polar surface area (TPSA) is 140 Å². The molecule has 2 N–H and O–H groups in total. The van der Waals surface area contributed by atoms with Crippen LogP contribution >= 0.6 is 12.4 Å². The molecule has 224 valence electrons. The van der Waals surface area contributed by atoms with Gasteiger partial charge >= 0.3 is 6.09 Å². The van der Waals surface area contributed by atoms with Crippen LogP contribution in [0, 0.1) is 17.6 Å². The number of fused-ring (bicyclic) bond motifs is 3. The standard InChI is InChI=1S/C26H29F2N9O4.ClH/c1-29-4-7-37-22-20(28)16-9-14(8-15(16)19(27)21(22)33-34-37)11-35-5-2-26(3-6-35)13-36(25(39)41-26)17-10-30-24-23(31-17)32-18(38)12-40-24;/h10,14,29H,2-9,11-13H2,1H3,(H,31,32,38);1H/t14-;/m0./s1. The minimum Gasteiger partial charge on any atom is -0.465 e. The van der Waals surface area contributed by atoms with Crippen LogP contribution in [0.4, 0.5) is 25.2 Å². The number of nitrogens with one attached hydrogen (secondary N) is 2. The summed E-state index contributed by atoms with van der Waals surface area (Å²) in [5.41, 5.74) is 0.286. The van der Waals surface area contributed by atoms with Crippen LogP contribution in [-0.2, 0) is 28.9 Å². The van der Waals surface area contributed by atoms with E-state index in [0.717, 1.165) is 0 Å². The van der Waals surface area contributed by atoms with E-state index in [2.05, 4.69) is 35.8 Å². The molecule has 16 heteroatoms. The van der Waals surface area contributed by atoms with Crippen molar-refractivity contribution in [2.24, 2.45) is 5.92 Å². The van der Waals surface area contributed by atoms with Gasteiger partial charge in [0.2, 0.25) is 0 Å². The van der Waals surface area contributed by atoms with Crippen molar-refractivity contribution in [1.82, 2.24) is 35.2 Å². The molecule has 13 nitrogen and oxygen atoms in total. The average molecular weight is 606 g/mol. The number of rotatable bonds is 6. The number of piperidine rings is 1. The summed E-state index contributed by atoms with van der Waals surface area (Å²) in [6.07, 6.45) is 3.04. The Morgan fingerprint density at radius 1 is 1.17 bits per heavy atom. The van der Waals surface area contributed by atoms with Gasteiger partial charge in [0.1, 0.15) is 11.1 Å². The van der Waals surface area contributed by atoms with Crippen molar-refractivity contribution in [2.75, 3.05) is 56.6 Å². The summed E-state index contributed by atoms with van der Waals surface area (Å²) in [6.45, 7) is 3.20. The Balaban J connectivity index is 0.00000316. The van der Waals surface area contributed by atoms with Gasteiger partial charge < -0.3 is 25.0 Å². The van der Waals surface area contributed by atoms with Crippen LogP contribution < -0.4 is 20.3 Å². The monoisotopic (exact) mass is 605 g/mol. The van der Waals surface area contributed by atoms with Crippen molar-refractivity contribution < 1.29 is 27.8 Å². The minimum absolute atomic E-state index is 0. The van der Waals surface area contributed by atoms with Gasteiger partial charge in [0.05, 0.1) is 19.3 Å². The maximum atomic E-state index is 15.6. The fraction of sp³-hybridized carbons (Fsp3) is 0.538. The normalized spacial score (nSPS) is 21.1. The number of carbonyl (C=O) groups is 2. The van der Waals surface area contributed by atoms with Crippen molar-refractivity contribution in [1.29, 1.82) is 0 Å². The maximum Gasteiger partial charge on any atom is 0.416 e. The summed E-state index contributed by atoms with van der Waals surface area (Å²) in [6, 6.07) is 0. The Labute approximate surface area is 245 Å². The van der Waals surface area contributed by atoms with E-state index in [0.29, 0.717) is 76.1 Å². The van der Waals surface area contributed by atoms with E-state index in [1.54, 1.807) is 7.05 Å². The summed E-state index contributed by atoms with van der Waals surface area (Å²) < 4.78 is 43.4. The zero-order chi connectivity index (χ0) is 28.3. The second kappa shape index (κ2) is 10.9. The number of ether oxygens (including phenoxy) is 2. The lowest BCUT2D eigenvalue weighted by Crippen LogP contribution is -2.48. The van der Waals surface area contributed by atoms with Crippen LogP contribution in [-0.4, -0.2) is 93.8 Å². The molecule has 3 aromatic rings. The second-order valence-electron chi connectivity index (χ2n) is 11.1. The summed E-state index contributed by atoms with van der Waals surface area (Å²) in [5.74, 6) is -0.506. The number of benzene rings is 1. The van der Waals surface area contributed by atoms with Gasteiger partial charge in [-0.2, -0.15) is 0 Å². The zero-order valence-electron chi connectivity index (χ0n) is 22.9. The predicted octanol–water partition coefficient (Wildman–Crippen LogP) is 1.68. The first-order valence-electron chi connectivity index (χ1n) is 13.7. The Bertz CT molecular complexity index is 1560. The average Bonchev–Trinajstić information content (AvgIpc) is 3.67. The largest absolute Gasteiger partial charge is 0.465 e. The number of halogens is 3. The van der Waals surface area contributed by atoms with Crippen molar-refractivity contribution in [3.63, 3.8) is 0 Å². The van der Waals surface area contributed by atoms with E-state index in [-0.39, 0.29) is 59.4 Å². The van der Waals surface area contributed by atoms with Gasteiger partial charge in [-0.1, -0.05) is 5.21 Å². The number of likely N-dealkylation sites (tertiary alicyclic amines) is 1. The number of anilines is 2. The highest BCUT2D eigenvalue weighted by Crippen LogP contribution is 2.39. The lowest BCUT2D eigenvalue weighted by atomic mass is 9.90. The van der Waals surface area contributed by atoms with Gasteiger partial charge in [-0.15, -0.1) is 17.5 Å². The van der Waals surface area contributed by atoms with Crippen LogP contribution in [0.15, 0.2) is 6.20 Å². The van der Waals surface area contributed by atoms with E-state index >= 15 is 8.78 Å². The molecule has 3 aliphatic heterocycles. The first-order valence-corrected chi connectivity index (χ1v) is 13.7. The highest BCUT2D eigenvalue weighted by atomic mass is 35.5. The maximum absolute atomic E-state index is 15.6. The summed E-state index contributed by atoms with van der Waals surface area (Å²) in [7, 11) is 1.79. The highest BCUT2D eigenvalue weighted by Gasteiger charge is 2.48. The van der Waals surface area contributed by atoms with Crippen LogP contribution in [0.5, 0.6) is 5.88 Å². The van der Waals surface area contributed by atoms with Crippen molar-refractivity contribution in [3.05, 3.63) is 29.0 Å². The number of carbonyl (C=O) groups excluding carboxylic acids is 2. The van der Waals surface area contributed by atoms with Gasteiger partial charge in [0, 0.05) is 39.0 Å². The Kier molecular flexibility index (Phi) is 7.35. The van der Waals surface area contributed by atoms with Gasteiger partial charge in [-0.3, -0.25) is 9.69 Å². The lowest BCUT2D eigenvalue weighted by molar-refractivity contribution is -0.118. The van der Waals surface area contributed by atoms with E-state index in [9.17, 15) is 9.59 Å². The quantitative estimate of drug-likeness (QED) is 0.426. The van der Waals surface area contributed by atoms with E-state index < -0.39 is 23.3 Å². The van der Waals surface area contributed by atoms with Crippen LogP contribution in [0.1, 0.15) is 24.0 Å². The van der Waals surface area contributed by atoms with E-state index in [1.165, 1.54) is 15.8 Å². The Morgan fingerprint density at radius 3 is 2.69 bits per heavy atom. The lowest BCUT2D eigenvalue weighted by Gasteiger charge is -2.38. The molecule has 1 aliphatic carbocycles. The number of amides is 2. The van der Waals surface area contributed by atoms with E-state index in [4.69, 9.17) is 9.47 Å². The third kappa shape index (κ3) is 4.78.